The van der Waals surface area contributed by atoms with E-state index in [-0.39, 0.29) is 11.6 Å². The fraction of sp³-hybridized carbons (Fsp3) is 0.235. The number of nitro benzene ring substituents is 1. The summed E-state index contributed by atoms with van der Waals surface area (Å²) in [6.45, 7) is 3.21. The third-order valence-electron chi connectivity index (χ3n) is 3.36. The molecule has 0 saturated heterocycles. The van der Waals surface area contributed by atoms with Gasteiger partial charge in [0.05, 0.1) is 4.92 Å². The zero-order valence-electron chi connectivity index (χ0n) is 12.9. The summed E-state index contributed by atoms with van der Waals surface area (Å²) >= 11 is 0. The molecule has 0 bridgehead atoms. The molecule has 120 valence electrons. The van der Waals surface area contributed by atoms with Gasteiger partial charge < -0.3 is 10.6 Å². The van der Waals surface area contributed by atoms with Crippen LogP contribution in [0.2, 0.25) is 0 Å². The Balaban J connectivity index is 1.68. The van der Waals surface area contributed by atoms with Gasteiger partial charge in [-0.25, -0.2) is 0 Å². The second-order valence-electron chi connectivity index (χ2n) is 5.21. The van der Waals surface area contributed by atoms with Crippen molar-refractivity contribution in [3.05, 3.63) is 69.8 Å². The van der Waals surface area contributed by atoms with E-state index in [9.17, 15) is 14.9 Å². The molecule has 0 spiro atoms. The van der Waals surface area contributed by atoms with Crippen LogP contribution in [0.15, 0.2) is 48.5 Å². The number of nitro groups is 1. The number of non-ortho nitro benzene ring substituents is 1. The first-order chi connectivity index (χ1) is 11.1. The maximum Gasteiger partial charge on any atom is 0.269 e. The van der Waals surface area contributed by atoms with Crippen molar-refractivity contribution in [2.75, 3.05) is 18.4 Å². The molecule has 23 heavy (non-hydrogen) atoms. The molecule has 2 aromatic carbocycles. The second-order valence-corrected chi connectivity index (χ2v) is 5.21. The van der Waals surface area contributed by atoms with Crippen LogP contribution in [-0.2, 0) is 0 Å². The smallest absolute Gasteiger partial charge is 0.269 e. The number of carbonyl (C=O) groups excluding carboxylic acids is 1. The summed E-state index contributed by atoms with van der Waals surface area (Å²) in [7, 11) is 0. The zero-order valence-corrected chi connectivity index (χ0v) is 12.9. The standard InChI is InChI=1S/C17H19N3O3/c1-13-3-5-14(6-4-13)17(21)19-12-2-11-18-15-7-9-16(10-8-15)20(22)23/h3-10,18H,2,11-12H2,1H3,(H,19,21). The molecule has 0 heterocycles. The number of anilines is 1. The molecular formula is C17H19N3O3. The summed E-state index contributed by atoms with van der Waals surface area (Å²) in [5, 5.41) is 16.6. The highest BCUT2D eigenvalue weighted by atomic mass is 16.6. The van der Waals surface area contributed by atoms with Crippen LogP contribution in [0, 0.1) is 17.0 Å². The number of carbonyl (C=O) groups is 1. The topological polar surface area (TPSA) is 84.3 Å². The van der Waals surface area contributed by atoms with Crippen molar-refractivity contribution in [1.82, 2.24) is 5.32 Å². The summed E-state index contributed by atoms with van der Waals surface area (Å²) in [6.07, 6.45) is 0.759. The lowest BCUT2D eigenvalue weighted by atomic mass is 10.1. The second kappa shape index (κ2) is 7.93. The van der Waals surface area contributed by atoms with Crippen LogP contribution in [0.4, 0.5) is 11.4 Å². The Kier molecular flexibility index (Phi) is 5.68. The average Bonchev–Trinajstić information content (AvgIpc) is 2.55. The number of rotatable bonds is 7. The SMILES string of the molecule is Cc1ccc(C(=O)NCCCNc2ccc([N+](=O)[O-])cc2)cc1. The van der Waals surface area contributed by atoms with Crippen molar-refractivity contribution in [2.24, 2.45) is 0 Å². The van der Waals surface area contributed by atoms with Crippen molar-refractivity contribution in [1.29, 1.82) is 0 Å². The maximum atomic E-state index is 11.9. The predicted octanol–water partition coefficient (Wildman–Crippen LogP) is 3.14. The molecule has 0 fully saturated rings. The van der Waals surface area contributed by atoms with E-state index in [1.165, 1.54) is 12.1 Å². The van der Waals surface area contributed by atoms with E-state index in [4.69, 9.17) is 0 Å². The Labute approximate surface area is 134 Å². The number of benzene rings is 2. The van der Waals surface area contributed by atoms with Crippen molar-refractivity contribution in [3.8, 4) is 0 Å². The summed E-state index contributed by atoms with van der Waals surface area (Å²) in [5.74, 6) is -0.0830. The Morgan fingerprint density at radius 3 is 2.30 bits per heavy atom. The summed E-state index contributed by atoms with van der Waals surface area (Å²) in [4.78, 5) is 22.0. The molecule has 6 heteroatoms. The lowest BCUT2D eigenvalue weighted by Crippen LogP contribution is -2.25. The van der Waals surface area contributed by atoms with Gasteiger partial charge in [-0.2, -0.15) is 0 Å². The number of hydrogen-bond donors (Lipinski definition) is 2. The fourth-order valence-corrected chi connectivity index (χ4v) is 2.03. The third kappa shape index (κ3) is 5.10. The molecule has 0 aliphatic carbocycles. The van der Waals surface area contributed by atoms with Gasteiger partial charge in [0, 0.05) is 36.5 Å². The molecule has 0 atom stereocenters. The molecule has 2 aromatic rings. The first-order valence-electron chi connectivity index (χ1n) is 7.39. The van der Waals surface area contributed by atoms with Crippen molar-refractivity contribution < 1.29 is 9.72 Å². The van der Waals surface area contributed by atoms with E-state index < -0.39 is 4.92 Å². The first kappa shape index (κ1) is 16.5. The minimum Gasteiger partial charge on any atom is -0.385 e. The lowest BCUT2D eigenvalue weighted by Gasteiger charge is -2.08. The first-order valence-corrected chi connectivity index (χ1v) is 7.39. The highest BCUT2D eigenvalue weighted by Gasteiger charge is 2.05. The van der Waals surface area contributed by atoms with E-state index in [2.05, 4.69) is 10.6 Å². The number of amides is 1. The summed E-state index contributed by atoms with van der Waals surface area (Å²) in [6, 6.07) is 13.7. The zero-order chi connectivity index (χ0) is 16.7. The van der Waals surface area contributed by atoms with Crippen molar-refractivity contribution in [3.63, 3.8) is 0 Å². The molecule has 0 aliphatic heterocycles. The summed E-state index contributed by atoms with van der Waals surface area (Å²) < 4.78 is 0. The predicted molar refractivity (Wildman–Crippen MR) is 89.7 cm³/mol. The number of hydrogen-bond acceptors (Lipinski definition) is 4. The van der Waals surface area contributed by atoms with Gasteiger partial charge in [0.1, 0.15) is 0 Å². The van der Waals surface area contributed by atoms with Gasteiger partial charge in [-0.1, -0.05) is 17.7 Å². The van der Waals surface area contributed by atoms with Crippen LogP contribution >= 0.6 is 0 Å². The highest BCUT2D eigenvalue weighted by molar-refractivity contribution is 5.94. The lowest BCUT2D eigenvalue weighted by molar-refractivity contribution is -0.384. The fourth-order valence-electron chi connectivity index (χ4n) is 2.03. The maximum absolute atomic E-state index is 11.9. The molecule has 0 unspecified atom stereocenters. The molecule has 2 N–H and O–H groups in total. The average molecular weight is 313 g/mol. The van der Waals surface area contributed by atoms with Gasteiger partial charge in [-0.15, -0.1) is 0 Å². The van der Waals surface area contributed by atoms with Crippen LogP contribution in [0.1, 0.15) is 22.3 Å². The van der Waals surface area contributed by atoms with Gasteiger partial charge >= 0.3 is 0 Å². The van der Waals surface area contributed by atoms with E-state index in [1.807, 2.05) is 19.1 Å². The normalized spacial score (nSPS) is 10.1. The molecule has 0 aromatic heterocycles. The molecular weight excluding hydrogens is 294 g/mol. The van der Waals surface area contributed by atoms with Gasteiger partial charge in [-0.05, 0) is 37.6 Å². The molecule has 0 radical (unpaired) electrons. The molecule has 0 aliphatic rings. The molecule has 2 rings (SSSR count). The van der Waals surface area contributed by atoms with Crippen molar-refractivity contribution in [2.45, 2.75) is 13.3 Å². The van der Waals surface area contributed by atoms with Gasteiger partial charge in [-0.3, -0.25) is 14.9 Å². The van der Waals surface area contributed by atoms with Crippen LogP contribution < -0.4 is 10.6 Å². The third-order valence-corrected chi connectivity index (χ3v) is 3.36. The minimum atomic E-state index is -0.426. The van der Waals surface area contributed by atoms with E-state index in [0.717, 1.165) is 17.7 Å². The quantitative estimate of drug-likeness (QED) is 0.467. The number of aryl methyl sites for hydroxylation is 1. The summed E-state index contributed by atoms with van der Waals surface area (Å²) in [5.41, 5.74) is 2.66. The Bertz CT molecular complexity index is 666. The van der Waals surface area contributed by atoms with Crippen molar-refractivity contribution >= 4 is 17.3 Å². The largest absolute Gasteiger partial charge is 0.385 e. The number of nitrogens with zero attached hydrogens (tertiary/aromatic N) is 1. The van der Waals surface area contributed by atoms with E-state index in [0.29, 0.717) is 18.7 Å². The number of nitrogens with one attached hydrogen (secondary N) is 2. The van der Waals surface area contributed by atoms with Gasteiger partial charge in [0.2, 0.25) is 0 Å². The monoisotopic (exact) mass is 313 g/mol. The van der Waals surface area contributed by atoms with E-state index in [1.54, 1.807) is 24.3 Å². The van der Waals surface area contributed by atoms with Crippen LogP contribution in [0.25, 0.3) is 0 Å². The molecule has 1 amide bonds. The van der Waals surface area contributed by atoms with Gasteiger partial charge in [0.25, 0.3) is 11.6 Å². The molecule has 0 saturated carbocycles. The van der Waals surface area contributed by atoms with E-state index >= 15 is 0 Å². The Hall–Kier alpha value is -2.89. The van der Waals surface area contributed by atoms with Crippen LogP contribution in [-0.4, -0.2) is 23.9 Å². The minimum absolute atomic E-state index is 0.0703. The Morgan fingerprint density at radius 2 is 1.70 bits per heavy atom. The highest BCUT2D eigenvalue weighted by Crippen LogP contribution is 2.15. The Morgan fingerprint density at radius 1 is 1.04 bits per heavy atom. The molecule has 6 nitrogen and oxygen atoms in total. The van der Waals surface area contributed by atoms with Gasteiger partial charge in [0.15, 0.2) is 0 Å². The van der Waals surface area contributed by atoms with Crippen LogP contribution in [0.5, 0.6) is 0 Å². The van der Waals surface area contributed by atoms with Crippen LogP contribution in [0.3, 0.4) is 0 Å².